The van der Waals surface area contributed by atoms with Crippen molar-refractivity contribution in [1.29, 1.82) is 0 Å². The Morgan fingerprint density at radius 1 is 1.15 bits per heavy atom. The van der Waals surface area contributed by atoms with Crippen LogP contribution in [0.4, 0.5) is 5.13 Å². The molecule has 2 heterocycles. The Kier molecular flexibility index (Phi) is 7.11. The Bertz CT molecular complexity index is 1220. The van der Waals surface area contributed by atoms with Gasteiger partial charge in [0.25, 0.3) is 5.91 Å². The van der Waals surface area contributed by atoms with Gasteiger partial charge in [-0.3, -0.25) is 10.1 Å². The quantitative estimate of drug-likeness (QED) is 0.236. The molecule has 0 aliphatic heterocycles. The molecule has 0 atom stereocenters. The van der Waals surface area contributed by atoms with Crippen molar-refractivity contribution in [3.63, 3.8) is 0 Å². The van der Waals surface area contributed by atoms with Crippen molar-refractivity contribution in [2.75, 3.05) is 11.9 Å². The predicted octanol–water partition coefficient (Wildman–Crippen LogP) is 5.76. The monoisotopic (exact) mass is 462 g/mol. The van der Waals surface area contributed by atoms with Crippen LogP contribution in [-0.4, -0.2) is 27.7 Å². The third-order valence-electron chi connectivity index (χ3n) is 4.49. The summed E-state index contributed by atoms with van der Waals surface area (Å²) in [5.74, 6) is 2.31. The van der Waals surface area contributed by atoms with Crippen LogP contribution in [-0.2, 0) is 6.42 Å². The highest BCUT2D eigenvalue weighted by Gasteiger charge is 2.13. The first-order valence-electron chi connectivity index (χ1n) is 10.3. The first-order valence-corrected chi connectivity index (χ1v) is 11.2. The van der Waals surface area contributed by atoms with Gasteiger partial charge in [0.15, 0.2) is 5.13 Å². The van der Waals surface area contributed by atoms with Crippen LogP contribution in [0.3, 0.4) is 0 Å². The molecule has 168 valence electrons. The van der Waals surface area contributed by atoms with Crippen molar-refractivity contribution in [3.05, 3.63) is 78.2 Å². The van der Waals surface area contributed by atoms with E-state index in [-0.39, 0.29) is 5.91 Å². The van der Waals surface area contributed by atoms with Crippen molar-refractivity contribution in [3.8, 4) is 28.7 Å². The van der Waals surface area contributed by atoms with E-state index in [1.54, 1.807) is 48.0 Å². The second-order valence-electron chi connectivity index (χ2n) is 6.89. The van der Waals surface area contributed by atoms with Crippen molar-refractivity contribution in [2.24, 2.45) is 0 Å². The number of nitrogens with one attached hydrogen (secondary N) is 1. The molecule has 2 aromatic carbocycles. The van der Waals surface area contributed by atoms with Gasteiger partial charge in [0.05, 0.1) is 6.61 Å². The van der Waals surface area contributed by atoms with E-state index < -0.39 is 0 Å². The molecule has 0 aliphatic rings. The number of amides is 1. The third-order valence-corrected chi connectivity index (χ3v) is 5.18. The number of hydrogen-bond donors (Lipinski definition) is 1. The molecule has 0 spiro atoms. The minimum Gasteiger partial charge on any atom is -0.493 e. The summed E-state index contributed by atoms with van der Waals surface area (Å²) in [5.41, 5.74) is 1.19. The Morgan fingerprint density at radius 2 is 1.97 bits per heavy atom. The zero-order valence-corrected chi connectivity index (χ0v) is 18.8. The van der Waals surface area contributed by atoms with Crippen molar-refractivity contribution < 1.29 is 18.7 Å². The lowest BCUT2D eigenvalue weighted by molar-refractivity contribution is 0.102. The first kappa shape index (κ1) is 22.2. The zero-order chi connectivity index (χ0) is 23.0. The van der Waals surface area contributed by atoms with Crippen LogP contribution in [0.1, 0.15) is 29.6 Å². The molecule has 1 N–H and O–H groups in total. The number of carbonyl (C=O) groups is 1. The molecule has 33 heavy (non-hydrogen) atoms. The number of thiazole rings is 1. The average molecular weight is 463 g/mol. The molecule has 1 amide bonds. The highest BCUT2D eigenvalue weighted by atomic mass is 32.1. The highest BCUT2D eigenvalue weighted by molar-refractivity contribution is 7.13. The number of carbonyl (C=O) groups excluding carboxylic acids is 1. The number of benzene rings is 2. The fourth-order valence-corrected chi connectivity index (χ4v) is 3.40. The molecule has 0 bridgehead atoms. The maximum absolute atomic E-state index is 12.7. The number of aromatic nitrogens is 3. The second-order valence-corrected chi connectivity index (χ2v) is 7.79. The SMILES string of the molecule is C=CCCOc1cc(Oc2ccc(-c3nnc(CC)o3)cc2)cc(C(=O)Nc2nccs2)c1. The molecular weight excluding hydrogens is 440 g/mol. The van der Waals surface area contributed by atoms with Crippen LogP contribution in [0.2, 0.25) is 0 Å². The van der Waals surface area contributed by atoms with E-state index in [0.717, 1.165) is 5.56 Å². The van der Waals surface area contributed by atoms with E-state index in [1.165, 1.54) is 11.3 Å². The Morgan fingerprint density at radius 3 is 2.67 bits per heavy atom. The number of rotatable bonds is 10. The predicted molar refractivity (Wildman–Crippen MR) is 126 cm³/mol. The summed E-state index contributed by atoms with van der Waals surface area (Å²) < 4.78 is 17.4. The van der Waals surface area contributed by atoms with Crippen LogP contribution in [0.15, 0.2) is 71.1 Å². The second kappa shape index (κ2) is 10.6. The largest absolute Gasteiger partial charge is 0.493 e. The van der Waals surface area contributed by atoms with Crippen LogP contribution in [0.25, 0.3) is 11.5 Å². The van der Waals surface area contributed by atoms with Gasteiger partial charge >= 0.3 is 0 Å². The van der Waals surface area contributed by atoms with Gasteiger partial charge in [0.2, 0.25) is 11.8 Å². The average Bonchev–Trinajstić information content (AvgIpc) is 3.52. The number of aryl methyl sites for hydroxylation is 1. The normalized spacial score (nSPS) is 10.6. The molecule has 0 saturated heterocycles. The van der Waals surface area contributed by atoms with Crippen molar-refractivity contribution in [1.82, 2.24) is 15.2 Å². The fraction of sp³-hybridized carbons (Fsp3) is 0.167. The van der Waals surface area contributed by atoms with Gasteiger partial charge in [-0.05, 0) is 42.8 Å². The van der Waals surface area contributed by atoms with Crippen LogP contribution < -0.4 is 14.8 Å². The molecule has 4 rings (SSSR count). The van der Waals surface area contributed by atoms with E-state index >= 15 is 0 Å². The van der Waals surface area contributed by atoms with Crippen LogP contribution in [0.5, 0.6) is 17.2 Å². The standard InChI is InChI=1S/C24H22N4O4S/c1-3-5-11-30-19-13-17(22(29)26-24-25-10-12-33-24)14-20(15-19)31-18-8-6-16(7-9-18)23-28-27-21(4-2)32-23/h3,6-10,12-15H,1,4-5,11H2,2H3,(H,25,26,29). The number of nitrogens with zero attached hydrogens (tertiary/aromatic N) is 3. The molecule has 0 fully saturated rings. The summed E-state index contributed by atoms with van der Waals surface area (Å²) >= 11 is 1.34. The van der Waals surface area contributed by atoms with Gasteiger partial charge in [-0.15, -0.1) is 28.1 Å². The highest BCUT2D eigenvalue weighted by Crippen LogP contribution is 2.30. The molecule has 8 nitrogen and oxygen atoms in total. The van der Waals surface area contributed by atoms with E-state index in [1.807, 2.05) is 19.1 Å². The molecular formula is C24H22N4O4S. The Labute approximate surface area is 194 Å². The first-order chi connectivity index (χ1) is 16.1. The summed E-state index contributed by atoms with van der Waals surface area (Å²) in [7, 11) is 0. The van der Waals surface area contributed by atoms with Crippen LogP contribution in [0, 0.1) is 0 Å². The molecule has 0 unspecified atom stereocenters. The van der Waals surface area contributed by atoms with E-state index in [9.17, 15) is 4.79 Å². The van der Waals surface area contributed by atoms with Gasteiger partial charge in [-0.25, -0.2) is 4.98 Å². The Balaban J connectivity index is 1.54. The fourth-order valence-electron chi connectivity index (χ4n) is 2.87. The van der Waals surface area contributed by atoms with E-state index in [4.69, 9.17) is 13.9 Å². The molecule has 4 aromatic rings. The molecule has 0 radical (unpaired) electrons. The molecule has 0 saturated carbocycles. The lowest BCUT2D eigenvalue weighted by Gasteiger charge is -2.12. The summed E-state index contributed by atoms with van der Waals surface area (Å²) in [6.07, 6.45) is 4.76. The van der Waals surface area contributed by atoms with Crippen molar-refractivity contribution >= 4 is 22.4 Å². The maximum atomic E-state index is 12.7. The van der Waals surface area contributed by atoms with Gasteiger partial charge in [0.1, 0.15) is 17.2 Å². The minimum absolute atomic E-state index is 0.303. The van der Waals surface area contributed by atoms with Crippen molar-refractivity contribution in [2.45, 2.75) is 19.8 Å². The van der Waals surface area contributed by atoms with Crippen LogP contribution >= 0.6 is 11.3 Å². The van der Waals surface area contributed by atoms with Gasteiger partial charge in [-0.2, -0.15) is 0 Å². The van der Waals surface area contributed by atoms with E-state index in [2.05, 4.69) is 27.1 Å². The lowest BCUT2D eigenvalue weighted by Crippen LogP contribution is -2.12. The third kappa shape index (κ3) is 5.83. The summed E-state index contributed by atoms with van der Waals surface area (Å²) in [6, 6.07) is 12.3. The number of ether oxygens (including phenoxy) is 2. The minimum atomic E-state index is -0.303. The molecule has 0 aliphatic carbocycles. The topological polar surface area (TPSA) is 99.4 Å². The van der Waals surface area contributed by atoms with Gasteiger partial charge in [-0.1, -0.05) is 13.0 Å². The number of anilines is 1. The summed E-state index contributed by atoms with van der Waals surface area (Å²) in [4.78, 5) is 16.8. The maximum Gasteiger partial charge on any atom is 0.257 e. The smallest absolute Gasteiger partial charge is 0.257 e. The van der Waals surface area contributed by atoms with Gasteiger partial charge < -0.3 is 13.9 Å². The summed E-state index contributed by atoms with van der Waals surface area (Å²) in [6.45, 7) is 6.10. The Hall–Kier alpha value is -3.98. The number of hydrogen-bond acceptors (Lipinski definition) is 8. The zero-order valence-electron chi connectivity index (χ0n) is 18.0. The summed E-state index contributed by atoms with van der Waals surface area (Å²) in [5, 5.41) is 13.1. The molecule has 2 aromatic heterocycles. The van der Waals surface area contributed by atoms with Gasteiger partial charge in [0, 0.05) is 35.2 Å². The van der Waals surface area contributed by atoms with E-state index in [0.29, 0.717) is 59.2 Å². The lowest BCUT2D eigenvalue weighted by atomic mass is 10.2. The molecule has 9 heteroatoms.